The van der Waals surface area contributed by atoms with Gasteiger partial charge in [-0.3, -0.25) is 14.4 Å². The molecule has 0 spiro atoms. The van der Waals surface area contributed by atoms with Gasteiger partial charge in [0.15, 0.2) is 0 Å². The minimum atomic E-state index is -0.787. The minimum absolute atomic E-state index is 0.150. The number of anilines is 1. The van der Waals surface area contributed by atoms with Crippen molar-refractivity contribution in [1.82, 2.24) is 15.5 Å². The first kappa shape index (κ1) is 24.4. The van der Waals surface area contributed by atoms with Crippen molar-refractivity contribution < 1.29 is 14.4 Å². The van der Waals surface area contributed by atoms with Crippen LogP contribution in [0.3, 0.4) is 0 Å². The fourth-order valence-corrected chi connectivity index (χ4v) is 4.45. The van der Waals surface area contributed by atoms with Crippen molar-refractivity contribution >= 4 is 34.2 Å². The van der Waals surface area contributed by atoms with E-state index in [0.717, 1.165) is 21.9 Å². The van der Waals surface area contributed by atoms with Gasteiger partial charge in [-0.05, 0) is 53.9 Å². The topological polar surface area (TPSA) is 90.5 Å². The highest BCUT2D eigenvalue weighted by molar-refractivity contribution is 6.01. The highest BCUT2D eigenvalue weighted by Crippen LogP contribution is 2.35. The average molecular weight is 473 g/mol. The lowest BCUT2D eigenvalue weighted by molar-refractivity contribution is -0.143. The Kier molecular flexibility index (Phi) is 7.17. The molecule has 0 aromatic heterocycles. The summed E-state index contributed by atoms with van der Waals surface area (Å²) in [5, 5.41) is 10.9. The van der Waals surface area contributed by atoms with Gasteiger partial charge in [0, 0.05) is 12.2 Å². The van der Waals surface area contributed by atoms with Crippen molar-refractivity contribution in [2.75, 3.05) is 12.4 Å². The van der Waals surface area contributed by atoms with Crippen LogP contribution >= 0.6 is 0 Å². The van der Waals surface area contributed by atoms with E-state index >= 15 is 0 Å². The number of hydrogen-bond donors (Lipinski definition) is 3. The molecule has 7 nitrogen and oxygen atoms in total. The van der Waals surface area contributed by atoms with E-state index in [2.05, 4.69) is 16.0 Å². The SMILES string of the molecule is CNC(C)C(=O)NC(C(=O)N1Cc2ccccc2C1C(=O)Nc1ccc2ccccc2c1)C(C)C. The predicted octanol–water partition coefficient (Wildman–Crippen LogP) is 3.61. The number of benzene rings is 3. The molecule has 3 N–H and O–H groups in total. The predicted molar refractivity (Wildman–Crippen MR) is 138 cm³/mol. The third-order valence-corrected chi connectivity index (χ3v) is 6.61. The van der Waals surface area contributed by atoms with Gasteiger partial charge in [-0.25, -0.2) is 0 Å². The second kappa shape index (κ2) is 10.3. The zero-order valence-corrected chi connectivity index (χ0v) is 20.5. The molecular formula is C28H32N4O3. The molecule has 1 aliphatic rings. The van der Waals surface area contributed by atoms with Crippen LogP contribution in [0.1, 0.15) is 37.9 Å². The number of nitrogens with one attached hydrogen (secondary N) is 3. The third-order valence-electron chi connectivity index (χ3n) is 6.61. The third kappa shape index (κ3) is 5.05. The molecule has 0 saturated heterocycles. The average Bonchev–Trinajstić information content (AvgIpc) is 3.25. The number of hydrogen-bond acceptors (Lipinski definition) is 4. The molecule has 35 heavy (non-hydrogen) atoms. The Balaban J connectivity index is 1.62. The summed E-state index contributed by atoms with van der Waals surface area (Å²) in [5.41, 5.74) is 2.40. The molecule has 1 aliphatic heterocycles. The lowest BCUT2D eigenvalue weighted by atomic mass is 10.0. The molecule has 3 amide bonds. The van der Waals surface area contributed by atoms with Gasteiger partial charge in [-0.15, -0.1) is 0 Å². The fraction of sp³-hybridized carbons (Fsp3) is 0.321. The highest BCUT2D eigenvalue weighted by Gasteiger charge is 2.41. The number of rotatable bonds is 7. The lowest BCUT2D eigenvalue weighted by Gasteiger charge is -2.31. The van der Waals surface area contributed by atoms with Crippen LogP contribution in [0.5, 0.6) is 0 Å². The molecule has 0 aliphatic carbocycles. The number of carbonyl (C=O) groups excluding carboxylic acids is 3. The van der Waals surface area contributed by atoms with Crippen LogP contribution in [0.2, 0.25) is 0 Å². The van der Waals surface area contributed by atoms with Crippen LogP contribution in [-0.4, -0.2) is 41.8 Å². The summed E-state index contributed by atoms with van der Waals surface area (Å²) in [5.74, 6) is -0.959. The fourth-order valence-electron chi connectivity index (χ4n) is 4.45. The standard InChI is InChI=1S/C28H32N4O3/c1-17(2)24(31-26(33)18(3)29-4)28(35)32-16-21-11-7-8-12-23(21)25(32)27(34)30-22-14-13-19-9-5-6-10-20(19)15-22/h5-15,17-18,24-25,29H,16H2,1-4H3,(H,30,34)(H,31,33). The van der Waals surface area contributed by atoms with Crippen LogP contribution in [-0.2, 0) is 20.9 Å². The molecule has 182 valence electrons. The van der Waals surface area contributed by atoms with E-state index < -0.39 is 18.1 Å². The summed E-state index contributed by atoms with van der Waals surface area (Å²) >= 11 is 0. The first-order chi connectivity index (χ1) is 16.8. The summed E-state index contributed by atoms with van der Waals surface area (Å²) in [7, 11) is 1.70. The first-order valence-electron chi connectivity index (χ1n) is 12.0. The van der Waals surface area contributed by atoms with Crippen molar-refractivity contribution in [3.63, 3.8) is 0 Å². The number of likely N-dealkylation sites (N-methyl/N-ethyl adjacent to an activating group) is 1. The van der Waals surface area contributed by atoms with Crippen LogP contribution in [0, 0.1) is 5.92 Å². The number of amides is 3. The van der Waals surface area contributed by atoms with Gasteiger partial charge in [0.1, 0.15) is 12.1 Å². The molecule has 0 bridgehead atoms. The van der Waals surface area contributed by atoms with Crippen molar-refractivity contribution in [2.45, 2.75) is 45.4 Å². The summed E-state index contributed by atoms with van der Waals surface area (Å²) < 4.78 is 0. The molecule has 4 rings (SSSR count). The molecule has 0 radical (unpaired) electrons. The van der Waals surface area contributed by atoms with Crippen LogP contribution in [0.25, 0.3) is 10.8 Å². The van der Waals surface area contributed by atoms with E-state index in [1.807, 2.05) is 80.6 Å². The van der Waals surface area contributed by atoms with Gasteiger partial charge >= 0.3 is 0 Å². The molecule has 3 aromatic rings. The zero-order chi connectivity index (χ0) is 25.1. The van der Waals surface area contributed by atoms with Gasteiger partial charge < -0.3 is 20.9 Å². The molecule has 3 aromatic carbocycles. The van der Waals surface area contributed by atoms with E-state index in [9.17, 15) is 14.4 Å². The Hall–Kier alpha value is -3.71. The summed E-state index contributed by atoms with van der Waals surface area (Å²) in [4.78, 5) is 41.5. The lowest BCUT2D eigenvalue weighted by Crippen LogP contribution is -2.55. The normalized spacial score (nSPS) is 16.6. The van der Waals surface area contributed by atoms with Crippen LogP contribution < -0.4 is 16.0 Å². The zero-order valence-electron chi connectivity index (χ0n) is 20.5. The highest BCUT2D eigenvalue weighted by atomic mass is 16.2. The van der Waals surface area contributed by atoms with E-state index in [1.165, 1.54) is 0 Å². The first-order valence-corrected chi connectivity index (χ1v) is 12.0. The molecule has 3 unspecified atom stereocenters. The van der Waals surface area contributed by atoms with Crippen molar-refractivity contribution in [3.8, 4) is 0 Å². The molecule has 7 heteroatoms. The second-order valence-electron chi connectivity index (χ2n) is 9.36. The molecular weight excluding hydrogens is 440 g/mol. The Morgan fingerprint density at radius 3 is 2.31 bits per heavy atom. The van der Waals surface area contributed by atoms with Crippen LogP contribution in [0.4, 0.5) is 5.69 Å². The Morgan fingerprint density at radius 2 is 1.60 bits per heavy atom. The smallest absolute Gasteiger partial charge is 0.251 e. The van der Waals surface area contributed by atoms with E-state index in [0.29, 0.717) is 12.2 Å². The van der Waals surface area contributed by atoms with Gasteiger partial charge in [0.25, 0.3) is 5.91 Å². The van der Waals surface area contributed by atoms with Gasteiger partial charge in [-0.1, -0.05) is 68.4 Å². The number of carbonyl (C=O) groups is 3. The van der Waals surface area contributed by atoms with Crippen molar-refractivity contribution in [1.29, 1.82) is 0 Å². The van der Waals surface area contributed by atoms with E-state index in [4.69, 9.17) is 0 Å². The largest absolute Gasteiger partial charge is 0.343 e. The van der Waals surface area contributed by atoms with E-state index in [1.54, 1.807) is 18.9 Å². The van der Waals surface area contributed by atoms with Gasteiger partial charge in [0.2, 0.25) is 11.8 Å². The van der Waals surface area contributed by atoms with Crippen molar-refractivity contribution in [2.24, 2.45) is 5.92 Å². The molecule has 3 atom stereocenters. The van der Waals surface area contributed by atoms with Crippen LogP contribution in [0.15, 0.2) is 66.7 Å². The Morgan fingerprint density at radius 1 is 0.914 bits per heavy atom. The number of fused-ring (bicyclic) bond motifs is 2. The summed E-state index contributed by atoms with van der Waals surface area (Å²) in [6, 6.07) is 19.3. The minimum Gasteiger partial charge on any atom is -0.343 e. The molecule has 0 saturated carbocycles. The molecule has 1 heterocycles. The van der Waals surface area contributed by atoms with E-state index in [-0.39, 0.29) is 23.6 Å². The maximum absolute atomic E-state index is 13.8. The summed E-state index contributed by atoms with van der Waals surface area (Å²) in [6.07, 6.45) is 0. The van der Waals surface area contributed by atoms with Gasteiger partial charge in [-0.2, -0.15) is 0 Å². The quantitative estimate of drug-likeness (QED) is 0.490. The van der Waals surface area contributed by atoms with Gasteiger partial charge in [0.05, 0.1) is 6.04 Å². The summed E-state index contributed by atoms with van der Waals surface area (Å²) in [6.45, 7) is 5.83. The number of nitrogens with zero attached hydrogens (tertiary/aromatic N) is 1. The van der Waals surface area contributed by atoms with Crippen molar-refractivity contribution in [3.05, 3.63) is 77.9 Å². The maximum atomic E-state index is 13.8. The Labute approximate surface area is 205 Å². The maximum Gasteiger partial charge on any atom is 0.251 e. The monoisotopic (exact) mass is 472 g/mol. The Bertz CT molecular complexity index is 1260. The molecule has 0 fully saturated rings. The second-order valence-corrected chi connectivity index (χ2v) is 9.36.